The van der Waals surface area contributed by atoms with Crippen molar-refractivity contribution in [3.05, 3.63) is 12.7 Å². The predicted octanol–water partition coefficient (Wildman–Crippen LogP) is 0.447. The van der Waals surface area contributed by atoms with Crippen LogP contribution in [0.15, 0.2) is 12.7 Å². The van der Waals surface area contributed by atoms with Gasteiger partial charge in [-0.05, 0) is 25.8 Å². The Morgan fingerprint density at radius 1 is 1.60 bits per heavy atom. The van der Waals surface area contributed by atoms with Crippen molar-refractivity contribution < 1.29 is 9.53 Å². The predicted molar refractivity (Wildman–Crippen MR) is 59.7 cm³/mol. The van der Waals surface area contributed by atoms with Gasteiger partial charge in [0.1, 0.15) is 0 Å². The molecule has 0 spiro atoms. The Morgan fingerprint density at radius 2 is 2.47 bits per heavy atom. The lowest BCUT2D eigenvalue weighted by atomic mass is 10.2. The molecule has 1 rings (SSSR count). The molecule has 1 aliphatic heterocycles. The summed E-state index contributed by atoms with van der Waals surface area (Å²) in [5, 5.41) is 6.00. The van der Waals surface area contributed by atoms with Crippen LogP contribution >= 0.6 is 0 Å². The van der Waals surface area contributed by atoms with Crippen LogP contribution in [0.5, 0.6) is 0 Å². The first-order valence-electron chi connectivity index (χ1n) is 5.54. The third-order valence-electron chi connectivity index (χ3n) is 2.39. The van der Waals surface area contributed by atoms with Crippen molar-refractivity contribution in [2.24, 2.45) is 0 Å². The van der Waals surface area contributed by atoms with Crippen LogP contribution in [-0.2, 0) is 9.53 Å². The highest BCUT2D eigenvalue weighted by Crippen LogP contribution is 2.03. The van der Waals surface area contributed by atoms with Crippen LogP contribution in [0.2, 0.25) is 0 Å². The van der Waals surface area contributed by atoms with E-state index in [1.165, 1.54) is 0 Å². The number of carbonyl (C=O) groups excluding carboxylic acids is 1. The first kappa shape index (κ1) is 12.2. The molecular weight excluding hydrogens is 192 g/mol. The summed E-state index contributed by atoms with van der Waals surface area (Å²) in [6, 6.07) is 0.0122. The summed E-state index contributed by atoms with van der Waals surface area (Å²) >= 11 is 0. The molecule has 0 aromatic carbocycles. The highest BCUT2D eigenvalue weighted by Gasteiger charge is 2.20. The van der Waals surface area contributed by atoms with Crippen LogP contribution in [0.1, 0.15) is 19.3 Å². The van der Waals surface area contributed by atoms with Crippen LogP contribution in [-0.4, -0.2) is 38.3 Å². The van der Waals surface area contributed by atoms with E-state index in [1.54, 1.807) is 0 Å². The summed E-state index contributed by atoms with van der Waals surface area (Å²) in [7, 11) is 0. The van der Waals surface area contributed by atoms with E-state index in [-0.39, 0.29) is 11.9 Å². The van der Waals surface area contributed by atoms with Gasteiger partial charge in [0, 0.05) is 6.54 Å². The van der Waals surface area contributed by atoms with Crippen molar-refractivity contribution in [3.63, 3.8) is 0 Å². The fraction of sp³-hybridized carbons (Fsp3) is 0.727. The molecule has 1 fully saturated rings. The molecular formula is C11H20N2O2. The van der Waals surface area contributed by atoms with Crippen molar-refractivity contribution in [2.75, 3.05) is 26.3 Å². The quantitative estimate of drug-likeness (QED) is 0.476. The van der Waals surface area contributed by atoms with Crippen molar-refractivity contribution in [3.8, 4) is 0 Å². The van der Waals surface area contributed by atoms with Crippen LogP contribution in [0, 0.1) is 0 Å². The highest BCUT2D eigenvalue weighted by molar-refractivity contribution is 5.81. The average Bonchev–Trinajstić information content (AvgIpc) is 2.76. The maximum Gasteiger partial charge on any atom is 0.237 e. The Hall–Kier alpha value is -0.870. The normalized spacial score (nSPS) is 20.1. The van der Waals surface area contributed by atoms with Crippen LogP contribution in [0.25, 0.3) is 0 Å². The van der Waals surface area contributed by atoms with Gasteiger partial charge in [-0.15, -0.1) is 6.58 Å². The zero-order valence-electron chi connectivity index (χ0n) is 9.13. The fourth-order valence-corrected chi connectivity index (χ4v) is 1.55. The summed E-state index contributed by atoms with van der Waals surface area (Å²) < 4.78 is 5.28. The highest BCUT2D eigenvalue weighted by atomic mass is 16.5. The first-order chi connectivity index (χ1) is 7.34. The smallest absolute Gasteiger partial charge is 0.237 e. The van der Waals surface area contributed by atoms with Gasteiger partial charge in [0.05, 0.1) is 19.3 Å². The summed E-state index contributed by atoms with van der Waals surface area (Å²) in [6.45, 7) is 6.40. The van der Waals surface area contributed by atoms with Crippen molar-refractivity contribution in [1.29, 1.82) is 0 Å². The topological polar surface area (TPSA) is 50.4 Å². The zero-order valence-corrected chi connectivity index (χ0v) is 9.13. The van der Waals surface area contributed by atoms with E-state index in [9.17, 15) is 4.79 Å². The van der Waals surface area contributed by atoms with E-state index < -0.39 is 0 Å². The number of hydrogen-bond donors (Lipinski definition) is 2. The number of carbonyl (C=O) groups is 1. The molecule has 0 aromatic rings. The second-order valence-electron chi connectivity index (χ2n) is 3.63. The van der Waals surface area contributed by atoms with Crippen molar-refractivity contribution >= 4 is 5.91 Å². The molecule has 0 aromatic heterocycles. The summed E-state index contributed by atoms with van der Waals surface area (Å²) in [5.74, 6) is 0.0971. The Labute approximate surface area is 91.1 Å². The van der Waals surface area contributed by atoms with Crippen molar-refractivity contribution in [2.45, 2.75) is 25.3 Å². The maximum absolute atomic E-state index is 11.5. The molecule has 0 unspecified atom stereocenters. The molecule has 0 bridgehead atoms. The zero-order chi connectivity index (χ0) is 10.9. The molecule has 0 aliphatic carbocycles. The lowest BCUT2D eigenvalue weighted by Gasteiger charge is -2.10. The van der Waals surface area contributed by atoms with E-state index in [4.69, 9.17) is 4.74 Å². The minimum atomic E-state index is 0.0122. The minimum Gasteiger partial charge on any atom is -0.379 e. The van der Waals surface area contributed by atoms with Gasteiger partial charge >= 0.3 is 0 Å². The van der Waals surface area contributed by atoms with Gasteiger partial charge in [-0.2, -0.15) is 0 Å². The molecule has 0 saturated carbocycles. The van der Waals surface area contributed by atoms with Crippen LogP contribution in [0.4, 0.5) is 0 Å². The van der Waals surface area contributed by atoms with Crippen LogP contribution in [0.3, 0.4) is 0 Å². The third-order valence-corrected chi connectivity index (χ3v) is 2.39. The number of hydrogen-bond acceptors (Lipinski definition) is 3. The van der Waals surface area contributed by atoms with Gasteiger partial charge in [0.2, 0.25) is 5.91 Å². The van der Waals surface area contributed by atoms with Crippen molar-refractivity contribution in [1.82, 2.24) is 10.6 Å². The van der Waals surface area contributed by atoms with Gasteiger partial charge < -0.3 is 15.4 Å². The van der Waals surface area contributed by atoms with Gasteiger partial charge in [0.25, 0.3) is 0 Å². The molecule has 0 radical (unpaired) electrons. The minimum absolute atomic E-state index is 0.0122. The first-order valence-corrected chi connectivity index (χ1v) is 5.54. The Kier molecular flexibility index (Phi) is 6.04. The summed E-state index contributed by atoms with van der Waals surface area (Å²) in [6.07, 6.45) is 4.72. The van der Waals surface area contributed by atoms with E-state index >= 15 is 0 Å². The molecule has 4 nitrogen and oxygen atoms in total. The molecule has 1 atom stereocenters. The van der Waals surface area contributed by atoms with E-state index in [2.05, 4.69) is 17.2 Å². The molecule has 4 heteroatoms. The lowest BCUT2D eigenvalue weighted by molar-refractivity contribution is -0.123. The summed E-state index contributed by atoms with van der Waals surface area (Å²) in [5.41, 5.74) is 0. The van der Waals surface area contributed by atoms with Gasteiger partial charge in [-0.3, -0.25) is 4.79 Å². The Bertz CT molecular complexity index is 201. The number of ether oxygens (including phenoxy) is 1. The number of rotatable bonds is 7. The monoisotopic (exact) mass is 212 g/mol. The lowest BCUT2D eigenvalue weighted by Crippen LogP contribution is -2.41. The van der Waals surface area contributed by atoms with Crippen LogP contribution < -0.4 is 10.6 Å². The second kappa shape index (κ2) is 7.43. The largest absolute Gasteiger partial charge is 0.379 e. The standard InChI is InChI=1S/C11H20N2O2/c1-2-3-8-15-9-7-13-11(14)10-5-4-6-12-10/h2,10,12H,1,3-9H2,(H,13,14)/t10-/m1/s1. The molecule has 1 saturated heterocycles. The average molecular weight is 212 g/mol. The maximum atomic E-state index is 11.5. The van der Waals surface area contributed by atoms with Gasteiger partial charge in [-0.25, -0.2) is 0 Å². The molecule has 2 N–H and O–H groups in total. The number of nitrogens with one attached hydrogen (secondary N) is 2. The molecule has 15 heavy (non-hydrogen) atoms. The van der Waals surface area contributed by atoms with E-state index in [0.29, 0.717) is 19.8 Å². The molecule has 1 aliphatic rings. The van der Waals surface area contributed by atoms with E-state index in [0.717, 1.165) is 25.8 Å². The third kappa shape index (κ3) is 4.95. The Morgan fingerprint density at radius 3 is 3.13 bits per heavy atom. The van der Waals surface area contributed by atoms with Gasteiger partial charge in [0.15, 0.2) is 0 Å². The molecule has 1 amide bonds. The SMILES string of the molecule is C=CCCOCCNC(=O)[C@H]1CCCN1. The molecule has 86 valence electrons. The molecule has 1 heterocycles. The second-order valence-corrected chi connectivity index (χ2v) is 3.63. The summed E-state index contributed by atoms with van der Waals surface area (Å²) in [4.78, 5) is 11.5. The fourth-order valence-electron chi connectivity index (χ4n) is 1.55. The number of amides is 1. The van der Waals surface area contributed by atoms with Gasteiger partial charge in [-0.1, -0.05) is 6.08 Å². The Balaban J connectivity index is 1.94. The van der Waals surface area contributed by atoms with E-state index in [1.807, 2.05) is 6.08 Å².